The van der Waals surface area contributed by atoms with Crippen LogP contribution in [0.15, 0.2) is 48.8 Å². The molecule has 25 heavy (non-hydrogen) atoms. The second kappa shape index (κ2) is 6.51. The molecule has 4 rings (SSSR count). The van der Waals surface area contributed by atoms with Gasteiger partial charge in [0.25, 0.3) is 0 Å². The van der Waals surface area contributed by atoms with Crippen LogP contribution in [-0.2, 0) is 11.2 Å². The van der Waals surface area contributed by atoms with Gasteiger partial charge in [-0.15, -0.1) is 0 Å². The summed E-state index contributed by atoms with van der Waals surface area (Å²) in [5, 5.41) is 4.31. The van der Waals surface area contributed by atoms with E-state index in [0.29, 0.717) is 19.5 Å². The Morgan fingerprint density at radius 3 is 2.52 bits per heavy atom. The summed E-state index contributed by atoms with van der Waals surface area (Å²) in [7, 11) is 0. The highest BCUT2D eigenvalue weighted by atomic mass is 19.1. The number of nitrogens with zero attached hydrogens (tertiary/aromatic N) is 5. The molecule has 1 saturated heterocycles. The number of carbonyl (C=O) groups excluding carboxylic acids is 1. The first kappa shape index (κ1) is 15.6. The maximum absolute atomic E-state index is 13.0. The highest BCUT2D eigenvalue weighted by Gasteiger charge is 2.22. The number of hydrogen-bond acceptors (Lipinski definition) is 4. The van der Waals surface area contributed by atoms with Crippen molar-refractivity contribution in [3.63, 3.8) is 0 Å². The van der Waals surface area contributed by atoms with Gasteiger partial charge in [-0.05, 0) is 23.8 Å². The molecule has 1 fully saturated rings. The fraction of sp³-hybridized carbons (Fsp3) is 0.278. The van der Waals surface area contributed by atoms with E-state index >= 15 is 0 Å². The van der Waals surface area contributed by atoms with E-state index in [0.717, 1.165) is 30.1 Å². The van der Waals surface area contributed by atoms with Gasteiger partial charge < -0.3 is 9.80 Å². The van der Waals surface area contributed by atoms with Crippen LogP contribution < -0.4 is 4.90 Å². The molecule has 1 aliphatic rings. The van der Waals surface area contributed by atoms with Crippen molar-refractivity contribution in [2.45, 2.75) is 6.42 Å². The average molecular weight is 339 g/mol. The Labute approximate surface area is 144 Å². The summed E-state index contributed by atoms with van der Waals surface area (Å²) in [6.07, 6.45) is 3.81. The Hall–Kier alpha value is -2.96. The smallest absolute Gasteiger partial charge is 0.227 e. The zero-order valence-corrected chi connectivity index (χ0v) is 13.7. The van der Waals surface area contributed by atoms with Crippen LogP contribution in [-0.4, -0.2) is 51.6 Å². The molecular formula is C18H18FN5O. The third-order valence-electron chi connectivity index (χ3n) is 4.50. The van der Waals surface area contributed by atoms with Crippen molar-refractivity contribution in [1.29, 1.82) is 0 Å². The van der Waals surface area contributed by atoms with E-state index in [1.807, 2.05) is 21.5 Å². The van der Waals surface area contributed by atoms with Gasteiger partial charge in [0.05, 0.1) is 12.6 Å². The van der Waals surface area contributed by atoms with Crippen LogP contribution in [0.25, 0.3) is 5.65 Å². The molecule has 1 aliphatic heterocycles. The van der Waals surface area contributed by atoms with E-state index in [-0.39, 0.29) is 11.7 Å². The van der Waals surface area contributed by atoms with E-state index in [1.165, 1.54) is 12.1 Å². The number of hydrogen-bond donors (Lipinski definition) is 0. The number of fused-ring (bicyclic) bond motifs is 1. The fourth-order valence-corrected chi connectivity index (χ4v) is 3.13. The van der Waals surface area contributed by atoms with E-state index in [4.69, 9.17) is 0 Å². The summed E-state index contributed by atoms with van der Waals surface area (Å²) in [6, 6.07) is 9.91. The van der Waals surface area contributed by atoms with Crippen LogP contribution in [0.2, 0.25) is 0 Å². The maximum Gasteiger partial charge on any atom is 0.227 e. The summed E-state index contributed by atoms with van der Waals surface area (Å²) >= 11 is 0. The normalized spacial score (nSPS) is 14.9. The predicted octanol–water partition coefficient (Wildman–Crippen LogP) is 1.76. The van der Waals surface area contributed by atoms with Crippen molar-refractivity contribution < 1.29 is 9.18 Å². The summed E-state index contributed by atoms with van der Waals surface area (Å²) < 4.78 is 14.8. The molecule has 0 radical (unpaired) electrons. The quantitative estimate of drug-likeness (QED) is 0.730. The second-order valence-electron chi connectivity index (χ2n) is 6.08. The SMILES string of the molecule is O=C(Cc1ccc(F)cc1)N1CCN(c2ccnc3ccnn23)CC1. The molecule has 0 aliphatic carbocycles. The molecule has 3 heterocycles. The van der Waals surface area contributed by atoms with E-state index < -0.39 is 0 Å². The zero-order valence-electron chi connectivity index (χ0n) is 13.7. The summed E-state index contributed by atoms with van der Waals surface area (Å²) in [5.41, 5.74) is 1.65. The van der Waals surface area contributed by atoms with Crippen LogP contribution in [0.5, 0.6) is 0 Å². The third-order valence-corrected chi connectivity index (χ3v) is 4.50. The first-order chi connectivity index (χ1) is 12.2. The van der Waals surface area contributed by atoms with Crippen LogP contribution in [0.4, 0.5) is 10.2 Å². The molecule has 1 aromatic carbocycles. The highest BCUT2D eigenvalue weighted by Crippen LogP contribution is 2.17. The minimum atomic E-state index is -0.285. The van der Waals surface area contributed by atoms with Crippen molar-refractivity contribution in [2.24, 2.45) is 0 Å². The molecule has 0 atom stereocenters. The second-order valence-corrected chi connectivity index (χ2v) is 6.08. The minimum Gasteiger partial charge on any atom is -0.353 e. The lowest BCUT2D eigenvalue weighted by Crippen LogP contribution is -2.49. The molecule has 0 N–H and O–H groups in total. The number of anilines is 1. The largest absolute Gasteiger partial charge is 0.353 e. The molecule has 3 aromatic rings. The van der Waals surface area contributed by atoms with Crippen molar-refractivity contribution in [2.75, 3.05) is 31.1 Å². The lowest BCUT2D eigenvalue weighted by molar-refractivity contribution is -0.130. The summed E-state index contributed by atoms with van der Waals surface area (Å²) in [5.74, 6) is 0.776. The predicted molar refractivity (Wildman–Crippen MR) is 91.9 cm³/mol. The van der Waals surface area contributed by atoms with Crippen molar-refractivity contribution in [3.8, 4) is 0 Å². The number of piperazine rings is 1. The summed E-state index contributed by atoms with van der Waals surface area (Å²) in [6.45, 7) is 2.80. The van der Waals surface area contributed by atoms with Gasteiger partial charge in [-0.2, -0.15) is 9.61 Å². The molecule has 0 bridgehead atoms. The Kier molecular flexibility index (Phi) is 4.05. The van der Waals surface area contributed by atoms with Gasteiger partial charge >= 0.3 is 0 Å². The summed E-state index contributed by atoms with van der Waals surface area (Å²) in [4.78, 5) is 20.8. The van der Waals surface area contributed by atoms with Gasteiger partial charge in [0.1, 0.15) is 11.6 Å². The van der Waals surface area contributed by atoms with E-state index in [2.05, 4.69) is 15.0 Å². The molecule has 0 saturated carbocycles. The molecule has 128 valence electrons. The number of aromatic nitrogens is 3. The molecular weight excluding hydrogens is 321 g/mol. The monoisotopic (exact) mass is 339 g/mol. The van der Waals surface area contributed by atoms with Crippen molar-refractivity contribution >= 4 is 17.4 Å². The highest BCUT2D eigenvalue weighted by molar-refractivity contribution is 5.79. The Morgan fingerprint density at radius 1 is 1.00 bits per heavy atom. The van der Waals surface area contributed by atoms with Gasteiger partial charge in [0.15, 0.2) is 5.65 Å². The number of halogens is 1. The number of amides is 1. The molecule has 0 spiro atoms. The van der Waals surface area contributed by atoms with E-state index in [9.17, 15) is 9.18 Å². The molecule has 2 aromatic heterocycles. The van der Waals surface area contributed by atoms with Crippen LogP contribution in [0.1, 0.15) is 5.56 Å². The Morgan fingerprint density at radius 2 is 1.76 bits per heavy atom. The lowest BCUT2D eigenvalue weighted by Gasteiger charge is -2.36. The zero-order chi connectivity index (χ0) is 17.2. The fourth-order valence-electron chi connectivity index (χ4n) is 3.13. The molecule has 6 nitrogen and oxygen atoms in total. The van der Waals surface area contributed by atoms with Gasteiger partial charge in [-0.1, -0.05) is 12.1 Å². The van der Waals surface area contributed by atoms with Crippen LogP contribution in [0.3, 0.4) is 0 Å². The molecule has 0 unspecified atom stereocenters. The first-order valence-corrected chi connectivity index (χ1v) is 8.26. The van der Waals surface area contributed by atoms with Gasteiger partial charge in [0.2, 0.25) is 5.91 Å². The molecule has 1 amide bonds. The Bertz CT molecular complexity index is 884. The number of benzene rings is 1. The Balaban J connectivity index is 1.40. The minimum absolute atomic E-state index is 0.0743. The van der Waals surface area contributed by atoms with Crippen molar-refractivity contribution in [3.05, 3.63) is 60.2 Å². The van der Waals surface area contributed by atoms with Gasteiger partial charge in [-0.3, -0.25) is 4.79 Å². The standard InChI is InChI=1S/C18H18FN5O/c19-15-3-1-14(2-4-15)13-18(25)23-11-9-22(10-12-23)17-6-7-20-16-5-8-21-24(16)17/h1-8H,9-13H2. The van der Waals surface area contributed by atoms with Gasteiger partial charge in [-0.25, -0.2) is 9.37 Å². The third kappa shape index (κ3) is 3.17. The average Bonchev–Trinajstić information content (AvgIpc) is 3.12. The first-order valence-electron chi connectivity index (χ1n) is 8.26. The lowest BCUT2D eigenvalue weighted by atomic mass is 10.1. The number of rotatable bonds is 3. The van der Waals surface area contributed by atoms with E-state index in [1.54, 1.807) is 24.5 Å². The molecule has 7 heteroatoms. The van der Waals surface area contributed by atoms with Crippen LogP contribution >= 0.6 is 0 Å². The topological polar surface area (TPSA) is 53.7 Å². The number of carbonyl (C=O) groups is 1. The van der Waals surface area contributed by atoms with Crippen molar-refractivity contribution in [1.82, 2.24) is 19.5 Å². The van der Waals surface area contributed by atoms with Gasteiger partial charge in [0, 0.05) is 38.4 Å². The van der Waals surface area contributed by atoms with Crippen LogP contribution in [0, 0.1) is 5.82 Å². The maximum atomic E-state index is 13.0.